The zero-order valence-electron chi connectivity index (χ0n) is 9.31. The maximum absolute atomic E-state index is 13.7. The first-order valence-corrected chi connectivity index (χ1v) is 6.46. The van der Waals surface area contributed by atoms with Crippen LogP contribution >= 0.6 is 22.9 Å². The fourth-order valence-corrected chi connectivity index (χ4v) is 2.88. The number of hydrogen-bond acceptors (Lipinski definition) is 3. The summed E-state index contributed by atoms with van der Waals surface area (Å²) in [5.41, 5.74) is -1.15. The third-order valence-electron chi connectivity index (χ3n) is 2.65. The molecule has 0 saturated heterocycles. The van der Waals surface area contributed by atoms with Gasteiger partial charge in [-0.2, -0.15) is 0 Å². The molecule has 7 heteroatoms. The molecule has 0 spiro atoms. The van der Waals surface area contributed by atoms with Gasteiger partial charge in [-0.1, -0.05) is 17.7 Å². The highest BCUT2D eigenvalue weighted by Gasteiger charge is 2.13. The number of benzene rings is 1. The van der Waals surface area contributed by atoms with E-state index < -0.39 is 17.1 Å². The molecule has 4 nitrogen and oxygen atoms in total. The standard InChI is InChI=1S/C12H6ClFN2O2S/c13-8-4-5-9(19-8)16-11(17)10-6(14)2-1-3-7(10)15-12(16)18/h1-5H,(H,15,18). The summed E-state index contributed by atoms with van der Waals surface area (Å²) < 4.78 is 15.0. The molecule has 0 radical (unpaired) electrons. The van der Waals surface area contributed by atoms with Gasteiger partial charge >= 0.3 is 5.69 Å². The lowest BCUT2D eigenvalue weighted by molar-refractivity contribution is 0.637. The van der Waals surface area contributed by atoms with Crippen molar-refractivity contribution in [1.82, 2.24) is 9.55 Å². The van der Waals surface area contributed by atoms with Crippen molar-refractivity contribution < 1.29 is 4.39 Å². The number of halogens is 2. The molecular weight excluding hydrogens is 291 g/mol. The first kappa shape index (κ1) is 12.1. The van der Waals surface area contributed by atoms with E-state index in [9.17, 15) is 14.0 Å². The van der Waals surface area contributed by atoms with Crippen molar-refractivity contribution in [3.63, 3.8) is 0 Å². The van der Waals surface area contributed by atoms with Crippen LogP contribution < -0.4 is 11.2 Å². The van der Waals surface area contributed by atoms with Crippen LogP contribution in [-0.4, -0.2) is 9.55 Å². The number of H-pyrrole nitrogens is 1. The van der Waals surface area contributed by atoms with Crippen LogP contribution in [0.5, 0.6) is 0 Å². The molecule has 1 N–H and O–H groups in total. The van der Waals surface area contributed by atoms with Gasteiger partial charge in [0.1, 0.15) is 10.8 Å². The van der Waals surface area contributed by atoms with Gasteiger partial charge in [-0.05, 0) is 24.3 Å². The largest absolute Gasteiger partial charge is 0.334 e. The molecule has 96 valence electrons. The molecule has 0 aliphatic heterocycles. The predicted octanol–water partition coefficient (Wildman–Crippen LogP) is 2.53. The van der Waals surface area contributed by atoms with Gasteiger partial charge in [0.2, 0.25) is 0 Å². The van der Waals surface area contributed by atoms with Crippen molar-refractivity contribution in [2.75, 3.05) is 0 Å². The van der Waals surface area contributed by atoms with Gasteiger partial charge in [-0.25, -0.2) is 13.8 Å². The lowest BCUT2D eigenvalue weighted by atomic mass is 10.2. The van der Waals surface area contributed by atoms with E-state index in [0.717, 1.165) is 15.9 Å². The summed E-state index contributed by atoms with van der Waals surface area (Å²) in [6, 6.07) is 7.19. The Bertz CT molecular complexity index is 897. The van der Waals surface area contributed by atoms with E-state index in [2.05, 4.69) is 4.98 Å². The average molecular weight is 297 g/mol. The SMILES string of the molecule is O=c1[nH]c2cccc(F)c2c(=O)n1-c1ccc(Cl)s1. The summed E-state index contributed by atoms with van der Waals surface area (Å²) in [4.78, 5) is 26.6. The molecule has 19 heavy (non-hydrogen) atoms. The van der Waals surface area contributed by atoms with Crippen molar-refractivity contribution in [2.24, 2.45) is 0 Å². The molecule has 0 saturated carbocycles. The van der Waals surface area contributed by atoms with Gasteiger partial charge < -0.3 is 4.98 Å². The molecule has 0 bridgehead atoms. The van der Waals surface area contributed by atoms with Crippen LogP contribution in [0.1, 0.15) is 0 Å². The lowest BCUT2D eigenvalue weighted by Gasteiger charge is -2.04. The Morgan fingerprint density at radius 2 is 2.00 bits per heavy atom. The molecule has 3 rings (SSSR count). The topological polar surface area (TPSA) is 54.9 Å². The summed E-state index contributed by atoms with van der Waals surface area (Å²) in [5, 5.41) is 0.202. The van der Waals surface area contributed by atoms with E-state index in [1.165, 1.54) is 24.3 Å². The molecule has 1 aromatic carbocycles. The van der Waals surface area contributed by atoms with E-state index in [1.54, 1.807) is 6.07 Å². The van der Waals surface area contributed by atoms with Crippen LogP contribution in [0.2, 0.25) is 4.34 Å². The highest BCUT2D eigenvalue weighted by atomic mass is 35.5. The Hall–Kier alpha value is -1.92. The first-order valence-electron chi connectivity index (χ1n) is 5.27. The monoisotopic (exact) mass is 296 g/mol. The highest BCUT2D eigenvalue weighted by molar-refractivity contribution is 7.18. The minimum absolute atomic E-state index is 0.147. The smallest absolute Gasteiger partial charge is 0.306 e. The average Bonchev–Trinajstić information content (AvgIpc) is 2.75. The van der Waals surface area contributed by atoms with Gasteiger partial charge in [-0.3, -0.25) is 4.79 Å². The number of rotatable bonds is 1. The Balaban J connectivity index is 2.47. The van der Waals surface area contributed by atoms with E-state index in [4.69, 9.17) is 11.6 Å². The minimum Gasteiger partial charge on any atom is -0.306 e. The van der Waals surface area contributed by atoms with E-state index in [1.807, 2.05) is 0 Å². The first-order chi connectivity index (χ1) is 9.08. The number of thiophene rings is 1. The summed E-state index contributed by atoms with van der Waals surface area (Å²) in [6.07, 6.45) is 0. The molecule has 0 unspecified atom stereocenters. The lowest BCUT2D eigenvalue weighted by Crippen LogP contribution is -2.33. The van der Waals surface area contributed by atoms with E-state index >= 15 is 0 Å². The third-order valence-corrected chi connectivity index (χ3v) is 3.87. The van der Waals surface area contributed by atoms with Crippen molar-refractivity contribution in [3.8, 4) is 5.00 Å². The normalized spacial score (nSPS) is 11.1. The van der Waals surface area contributed by atoms with Crippen LogP contribution in [0.4, 0.5) is 4.39 Å². The molecule has 0 aliphatic rings. The van der Waals surface area contributed by atoms with Crippen molar-refractivity contribution in [2.45, 2.75) is 0 Å². The number of nitrogens with one attached hydrogen (secondary N) is 1. The number of nitrogens with zero attached hydrogens (tertiary/aromatic N) is 1. The number of hydrogen-bond donors (Lipinski definition) is 1. The van der Waals surface area contributed by atoms with Gasteiger partial charge in [0.25, 0.3) is 5.56 Å². The molecule has 3 aromatic rings. The second kappa shape index (κ2) is 4.32. The second-order valence-corrected chi connectivity index (χ2v) is 5.50. The summed E-state index contributed by atoms with van der Waals surface area (Å²) in [5.74, 6) is -0.671. The number of aromatic amines is 1. The van der Waals surface area contributed by atoms with Crippen LogP contribution in [0.15, 0.2) is 39.9 Å². The zero-order chi connectivity index (χ0) is 13.6. The summed E-state index contributed by atoms with van der Waals surface area (Å²) in [7, 11) is 0. The molecular formula is C12H6ClFN2O2S. The maximum Gasteiger partial charge on any atom is 0.334 e. The summed E-state index contributed by atoms with van der Waals surface area (Å²) in [6.45, 7) is 0. The van der Waals surface area contributed by atoms with Crippen molar-refractivity contribution >= 4 is 33.8 Å². The van der Waals surface area contributed by atoms with Gasteiger partial charge in [0.05, 0.1) is 15.2 Å². The molecule has 0 fully saturated rings. The fourth-order valence-electron chi connectivity index (χ4n) is 1.85. The van der Waals surface area contributed by atoms with Crippen LogP contribution in [-0.2, 0) is 0 Å². The summed E-state index contributed by atoms with van der Waals surface area (Å²) >= 11 is 6.85. The van der Waals surface area contributed by atoms with E-state index in [-0.39, 0.29) is 10.9 Å². The predicted molar refractivity (Wildman–Crippen MR) is 73.0 cm³/mol. The quantitative estimate of drug-likeness (QED) is 0.750. The van der Waals surface area contributed by atoms with Gasteiger partial charge in [-0.15, -0.1) is 11.3 Å². The highest BCUT2D eigenvalue weighted by Crippen LogP contribution is 2.23. The number of fused-ring (bicyclic) bond motifs is 1. The van der Waals surface area contributed by atoms with Crippen LogP contribution in [0, 0.1) is 5.82 Å². The van der Waals surface area contributed by atoms with Crippen LogP contribution in [0.25, 0.3) is 15.9 Å². The van der Waals surface area contributed by atoms with Gasteiger partial charge in [0, 0.05) is 0 Å². The molecule has 2 heterocycles. The Kier molecular flexibility index (Phi) is 2.76. The van der Waals surface area contributed by atoms with Gasteiger partial charge in [0.15, 0.2) is 0 Å². The fraction of sp³-hybridized carbons (Fsp3) is 0. The second-order valence-electron chi connectivity index (χ2n) is 3.81. The Morgan fingerprint density at radius 3 is 2.68 bits per heavy atom. The zero-order valence-corrected chi connectivity index (χ0v) is 10.9. The number of aromatic nitrogens is 2. The minimum atomic E-state index is -0.699. The molecule has 0 amide bonds. The Labute approximate surface area is 114 Å². The van der Waals surface area contributed by atoms with Crippen molar-refractivity contribution in [3.05, 3.63) is 61.3 Å². The molecule has 2 aromatic heterocycles. The third kappa shape index (κ3) is 1.89. The molecule has 0 atom stereocenters. The maximum atomic E-state index is 13.7. The van der Waals surface area contributed by atoms with E-state index in [0.29, 0.717) is 9.34 Å². The molecule has 0 aliphatic carbocycles. The van der Waals surface area contributed by atoms with Crippen LogP contribution in [0.3, 0.4) is 0 Å². The Morgan fingerprint density at radius 1 is 1.21 bits per heavy atom. The van der Waals surface area contributed by atoms with Crippen molar-refractivity contribution in [1.29, 1.82) is 0 Å².